The van der Waals surface area contributed by atoms with E-state index in [4.69, 9.17) is 10.5 Å². The van der Waals surface area contributed by atoms with Crippen molar-refractivity contribution in [3.63, 3.8) is 0 Å². The number of aromatic hydroxyl groups is 1. The second-order valence-corrected chi connectivity index (χ2v) is 27.1. The van der Waals surface area contributed by atoms with Crippen molar-refractivity contribution in [2.75, 3.05) is 25.9 Å². The number of Topliss-reactive ketones (excluding diaryl/α,β-unsaturated/α-hetero) is 2. The molecule has 1 spiro atoms. The van der Waals surface area contributed by atoms with Gasteiger partial charge in [-0.2, -0.15) is 0 Å². The van der Waals surface area contributed by atoms with Crippen molar-refractivity contribution < 1.29 is 34.8 Å². The minimum atomic E-state index is -0.883. The number of ether oxygens (including phenoxy) is 1. The highest BCUT2D eigenvalue weighted by molar-refractivity contribution is 6.01. The summed E-state index contributed by atoms with van der Waals surface area (Å²) in [5.41, 5.74) is 9.62. The molecule has 0 amide bonds. The largest absolute Gasteiger partial charge is 0.508 e. The summed E-state index contributed by atoms with van der Waals surface area (Å²) >= 11 is 0. The first kappa shape index (κ1) is 51.0. The van der Waals surface area contributed by atoms with Crippen LogP contribution in [0.3, 0.4) is 0 Å². The molecule has 7 fully saturated rings. The lowest BCUT2D eigenvalue weighted by Gasteiger charge is -2.72. The van der Waals surface area contributed by atoms with Gasteiger partial charge >= 0.3 is 0 Å². The minimum Gasteiger partial charge on any atom is -0.508 e. The number of hydrogen-bond acceptors (Lipinski definition) is 10. The second-order valence-electron chi connectivity index (χ2n) is 27.1. The van der Waals surface area contributed by atoms with Gasteiger partial charge in [0.2, 0.25) is 0 Å². The van der Waals surface area contributed by atoms with E-state index in [9.17, 15) is 20.4 Å². The fourth-order valence-electron chi connectivity index (χ4n) is 20.0. The van der Waals surface area contributed by atoms with Crippen molar-refractivity contribution >= 4 is 17.3 Å². The number of nitrogens with one attached hydrogen (secondary N) is 2. The Balaban J connectivity index is 1.01. The van der Waals surface area contributed by atoms with Gasteiger partial charge in [-0.3, -0.25) is 9.59 Å². The zero-order chi connectivity index (χ0) is 50.8. The Bertz CT molecular complexity index is 2450. The lowest BCUT2D eigenvalue weighted by atomic mass is 9.32. The second kappa shape index (κ2) is 18.6. The lowest BCUT2D eigenvalue weighted by Crippen LogP contribution is -2.71. The van der Waals surface area contributed by atoms with Crippen molar-refractivity contribution in [2.24, 2.45) is 63.1 Å². The molecule has 2 aromatic carbocycles. The Hall–Kier alpha value is -3.12. The maximum absolute atomic E-state index is 15.7. The van der Waals surface area contributed by atoms with E-state index in [1.54, 1.807) is 0 Å². The van der Waals surface area contributed by atoms with Gasteiger partial charge < -0.3 is 41.5 Å². The first-order valence-corrected chi connectivity index (χ1v) is 28.9. The monoisotopic (exact) mass is 988 g/mol. The predicted octanol–water partition coefficient (Wildman–Crippen LogP) is 10.1. The van der Waals surface area contributed by atoms with Crippen LogP contribution in [0.2, 0.25) is 0 Å². The molecule has 18 atom stereocenters. The normalized spacial score (nSPS) is 45.4. The molecule has 394 valence electrons. The van der Waals surface area contributed by atoms with Crippen molar-refractivity contribution in [1.82, 2.24) is 10.6 Å². The Morgan fingerprint density at radius 1 is 0.903 bits per heavy atom. The number of carbonyl (C=O) groups excluding carboxylic acids is 2. The number of benzene rings is 2. The van der Waals surface area contributed by atoms with Crippen LogP contribution in [0, 0.1) is 63.1 Å². The molecule has 11 rings (SSSR count). The molecule has 10 heteroatoms. The highest BCUT2D eigenvalue weighted by Gasteiger charge is 2.73. The van der Waals surface area contributed by atoms with E-state index in [0.29, 0.717) is 56.4 Å². The van der Waals surface area contributed by atoms with Crippen molar-refractivity contribution in [2.45, 2.75) is 204 Å². The zero-order valence-corrected chi connectivity index (χ0v) is 44.6. The summed E-state index contributed by atoms with van der Waals surface area (Å²) in [7, 11) is 1.91. The zero-order valence-electron chi connectivity index (χ0n) is 44.6. The van der Waals surface area contributed by atoms with Gasteiger partial charge in [0.05, 0.1) is 17.3 Å². The molecule has 7 aliphatic carbocycles. The average Bonchev–Trinajstić information content (AvgIpc) is 3.63. The van der Waals surface area contributed by atoms with Crippen LogP contribution in [0.25, 0.3) is 0 Å². The van der Waals surface area contributed by atoms with Crippen LogP contribution in [0.4, 0.5) is 5.69 Å². The lowest BCUT2D eigenvalue weighted by molar-refractivity contribution is -0.206. The van der Waals surface area contributed by atoms with E-state index in [-0.39, 0.29) is 82.5 Å². The van der Waals surface area contributed by atoms with E-state index < -0.39 is 28.1 Å². The summed E-state index contributed by atoms with van der Waals surface area (Å²) in [5, 5.41) is 54.0. The number of rotatable bonds is 9. The molecule has 0 unspecified atom stereocenters. The molecule has 10 nitrogen and oxygen atoms in total. The molecule has 72 heavy (non-hydrogen) atoms. The number of allylic oxidation sites excluding steroid dienone is 2. The Labute approximate surface area is 430 Å². The van der Waals surface area contributed by atoms with Gasteiger partial charge in [-0.25, -0.2) is 0 Å². The maximum atomic E-state index is 15.7. The number of nitrogen functional groups attached to an aromatic ring is 1. The van der Waals surface area contributed by atoms with Crippen LogP contribution in [0.1, 0.15) is 185 Å². The number of hydrogen-bond donors (Lipinski definition) is 7. The van der Waals surface area contributed by atoms with Gasteiger partial charge in [0.15, 0.2) is 5.78 Å². The number of epoxide rings is 1. The third-order valence-corrected chi connectivity index (χ3v) is 23.0. The number of fused-ring (bicyclic) bond motifs is 2. The maximum Gasteiger partial charge on any atom is 0.160 e. The number of carbonyl (C=O) groups is 2. The molecule has 5 saturated carbocycles. The van der Waals surface area contributed by atoms with Crippen molar-refractivity contribution in [1.29, 1.82) is 0 Å². The number of phenolic OH excluding ortho intramolecular Hbond substituents is 1. The molecule has 0 aromatic heterocycles. The van der Waals surface area contributed by atoms with E-state index in [1.165, 1.54) is 11.1 Å². The standard InChI is InChI=1S/C62H89N3O7/c1-57(71)21-7-8-22-58(2)54-49(65-35-57)31-62-23-11-13-38-18-17-36(34-66)26-44(38)45(29-50(68)56-61(5,72-56)47-16-10-15-43(47)39-12-9-14-41(63)27-39)53-48(60(62,4)32-51(53)69)19-20-52(62)59(54,3)30-46(55(58)70)40-24-37(33-64-6)25-42(67)28-40/h9,12,14,24-25,27-28,36,38,43-47,49-50,52,54,56,64-68,71H,7-8,10-11,13,15-23,26,29-35,63H2,1-6H3/t36-,38-,43-,44+,45-,46+,47+,49-,50+,52+,54-,56+,57-,58+,59-,60-,61+,62-/m0/s1. The van der Waals surface area contributed by atoms with Gasteiger partial charge in [-0.15, -0.1) is 0 Å². The van der Waals surface area contributed by atoms with E-state index in [2.05, 4.69) is 62.6 Å². The summed E-state index contributed by atoms with van der Waals surface area (Å²) in [4.78, 5) is 31.4. The van der Waals surface area contributed by atoms with Crippen LogP contribution in [0.5, 0.6) is 5.75 Å². The molecule has 0 radical (unpaired) electrons. The fourth-order valence-corrected chi connectivity index (χ4v) is 20.0. The summed E-state index contributed by atoms with van der Waals surface area (Å²) in [5.74, 6) is 1.89. The first-order valence-electron chi connectivity index (χ1n) is 28.9. The Morgan fingerprint density at radius 2 is 1.71 bits per heavy atom. The van der Waals surface area contributed by atoms with Gasteiger partial charge in [-0.05, 0) is 209 Å². The number of aliphatic hydroxyl groups is 3. The van der Waals surface area contributed by atoms with Gasteiger partial charge in [0.25, 0.3) is 0 Å². The molecule has 9 aliphatic rings. The molecule has 2 heterocycles. The van der Waals surface area contributed by atoms with Crippen LogP contribution in [-0.2, 0) is 20.9 Å². The van der Waals surface area contributed by atoms with Gasteiger partial charge in [0.1, 0.15) is 17.6 Å². The molecular weight excluding hydrogens is 899 g/mol. The quantitative estimate of drug-likeness (QED) is 0.0945. The van der Waals surface area contributed by atoms with Crippen molar-refractivity contribution in [3.05, 3.63) is 70.3 Å². The first-order chi connectivity index (χ1) is 34.3. The van der Waals surface area contributed by atoms with Crippen LogP contribution in [0.15, 0.2) is 53.6 Å². The molecule has 2 aromatic rings. The topological polar surface area (TPSA) is 178 Å². The SMILES string of the molecule is CNCc1cc(O)cc([C@H]2C[C@@]3(C)[C@H]4CCC5=C6C(=O)C[C@]5(C)[C@@]4(CCC[C@H]4CC[C@H](CO)C[C@H]4[C@@H]6C[C@@H](O)[C@H]4O[C@]4(C)[C@@H]4CCC[C@H]4c4cccc(N)c4)C[C@@H]4NC[C@@](C)(O)CCCC[C@@](C)(C2=O)[C@H]43)c1. The number of phenols is 1. The number of aliphatic hydroxyl groups excluding tert-OH is 2. The third kappa shape index (κ3) is 8.14. The Morgan fingerprint density at radius 3 is 2.49 bits per heavy atom. The summed E-state index contributed by atoms with van der Waals surface area (Å²) in [6.07, 6.45) is 15.6. The van der Waals surface area contributed by atoms with E-state index in [0.717, 1.165) is 119 Å². The summed E-state index contributed by atoms with van der Waals surface area (Å²) in [6, 6.07) is 14.1. The number of ketones is 2. The summed E-state index contributed by atoms with van der Waals surface area (Å²) < 4.78 is 6.77. The predicted molar refractivity (Wildman–Crippen MR) is 282 cm³/mol. The van der Waals surface area contributed by atoms with Crippen LogP contribution < -0.4 is 16.4 Å². The highest BCUT2D eigenvalue weighted by Crippen LogP contribution is 2.77. The van der Waals surface area contributed by atoms with Crippen LogP contribution >= 0.6 is 0 Å². The average molecular weight is 988 g/mol. The minimum absolute atomic E-state index is 0.0288. The van der Waals surface area contributed by atoms with E-state index in [1.807, 2.05) is 32.2 Å². The Kier molecular flexibility index (Phi) is 13.2. The molecule has 4 bridgehead atoms. The highest BCUT2D eigenvalue weighted by atomic mass is 16.6. The number of nitrogens with two attached hydrogens (primary N) is 1. The molecule has 2 aliphatic heterocycles. The van der Waals surface area contributed by atoms with Crippen molar-refractivity contribution in [3.8, 4) is 5.75 Å². The third-order valence-electron chi connectivity index (χ3n) is 23.0. The number of β-amino-alcohol motifs (C(OH)–C–C–N with tert-alkyl or cyclic N) is 1. The smallest absolute Gasteiger partial charge is 0.160 e. The summed E-state index contributed by atoms with van der Waals surface area (Å²) in [6.45, 7) is 12.7. The van der Waals surface area contributed by atoms with E-state index >= 15 is 9.59 Å². The van der Waals surface area contributed by atoms with Gasteiger partial charge in [-0.1, -0.05) is 76.6 Å². The number of anilines is 1. The van der Waals surface area contributed by atoms with Gasteiger partial charge in [0, 0.05) is 54.6 Å². The van der Waals surface area contributed by atoms with Crippen LogP contribution in [-0.4, -0.2) is 81.6 Å². The fraction of sp³-hybridized carbons (Fsp3) is 0.742. The molecule has 8 N–H and O–H groups in total. The molecular formula is C62H89N3O7. The molecule has 2 saturated heterocycles.